The van der Waals surface area contributed by atoms with Crippen molar-refractivity contribution in [2.45, 2.75) is 19.4 Å². The quantitative estimate of drug-likeness (QED) is 0.732. The van der Waals surface area contributed by atoms with Gasteiger partial charge < -0.3 is 14.7 Å². The first-order valence-electron chi connectivity index (χ1n) is 11.8. The zero-order chi connectivity index (χ0) is 22.5. The van der Waals surface area contributed by atoms with Crippen LogP contribution in [-0.2, 0) is 6.54 Å². The van der Waals surface area contributed by atoms with Gasteiger partial charge in [0.15, 0.2) is 0 Å². The van der Waals surface area contributed by atoms with Crippen LogP contribution < -0.4 is 0 Å². The number of rotatable bonds is 4. The third-order valence-corrected chi connectivity index (χ3v) is 6.71. The maximum atomic E-state index is 15.0. The summed E-state index contributed by atoms with van der Waals surface area (Å²) in [6.07, 6.45) is 2.14. The summed E-state index contributed by atoms with van der Waals surface area (Å²) >= 11 is 0. The molecule has 4 rings (SSSR count). The van der Waals surface area contributed by atoms with Crippen molar-refractivity contribution >= 4 is 5.91 Å². The van der Waals surface area contributed by atoms with Crippen molar-refractivity contribution in [2.24, 2.45) is 0 Å². The Hall–Kier alpha value is -2.28. The van der Waals surface area contributed by atoms with Crippen LogP contribution in [0.4, 0.5) is 4.39 Å². The summed E-state index contributed by atoms with van der Waals surface area (Å²) in [5, 5.41) is 0. The van der Waals surface area contributed by atoms with E-state index in [1.54, 1.807) is 12.1 Å². The fourth-order valence-electron chi connectivity index (χ4n) is 4.62. The molecule has 0 spiro atoms. The molecule has 0 radical (unpaired) electrons. The highest BCUT2D eigenvalue weighted by atomic mass is 19.1. The van der Waals surface area contributed by atoms with Crippen LogP contribution in [0.2, 0.25) is 0 Å². The molecule has 5 nitrogen and oxygen atoms in total. The highest BCUT2D eigenvalue weighted by Gasteiger charge is 2.20. The lowest BCUT2D eigenvalue weighted by molar-refractivity contribution is 0.0762. The molecule has 0 aromatic heterocycles. The first kappa shape index (κ1) is 22.9. The third kappa shape index (κ3) is 5.74. The molecule has 0 saturated carbocycles. The van der Waals surface area contributed by atoms with Gasteiger partial charge >= 0.3 is 0 Å². The molecule has 2 heterocycles. The van der Waals surface area contributed by atoms with E-state index >= 15 is 0 Å². The molecule has 2 aromatic rings. The second-order valence-corrected chi connectivity index (χ2v) is 9.27. The number of carbonyl (C=O) groups is 1. The normalized spacial score (nSPS) is 19.5. The van der Waals surface area contributed by atoms with Gasteiger partial charge in [-0.15, -0.1) is 0 Å². The van der Waals surface area contributed by atoms with Crippen LogP contribution in [0.1, 0.15) is 28.8 Å². The summed E-state index contributed by atoms with van der Waals surface area (Å²) in [4.78, 5) is 21.8. The lowest BCUT2D eigenvalue weighted by atomic mass is 10.0. The van der Waals surface area contributed by atoms with Crippen molar-refractivity contribution in [2.75, 3.05) is 66.5 Å². The summed E-state index contributed by atoms with van der Waals surface area (Å²) in [6, 6.07) is 13.1. The van der Waals surface area contributed by atoms with Gasteiger partial charge in [-0.25, -0.2) is 4.39 Å². The van der Waals surface area contributed by atoms with Gasteiger partial charge in [-0.3, -0.25) is 9.69 Å². The molecule has 0 unspecified atom stereocenters. The standard InChI is InChI=1S/C26H35FN4O/c1-28-11-3-13-30(17-15-28)20-21-5-7-22(8-6-21)24-10-9-23(19-25(24)27)26(32)31-14-4-12-29(2)16-18-31/h5-10,19H,3-4,11-18,20H2,1-2H3. The van der Waals surface area contributed by atoms with Crippen LogP contribution in [0.25, 0.3) is 11.1 Å². The number of nitrogens with zero attached hydrogens (tertiary/aromatic N) is 4. The summed E-state index contributed by atoms with van der Waals surface area (Å²) in [7, 11) is 4.25. The zero-order valence-electron chi connectivity index (χ0n) is 19.4. The smallest absolute Gasteiger partial charge is 0.254 e. The van der Waals surface area contributed by atoms with E-state index in [1.807, 2.05) is 17.0 Å². The molecule has 32 heavy (non-hydrogen) atoms. The van der Waals surface area contributed by atoms with E-state index in [-0.39, 0.29) is 11.7 Å². The second kappa shape index (κ2) is 10.6. The first-order chi connectivity index (χ1) is 15.5. The number of likely N-dealkylation sites (N-methyl/N-ethyl adjacent to an activating group) is 2. The lowest BCUT2D eigenvalue weighted by Gasteiger charge is -2.21. The third-order valence-electron chi connectivity index (χ3n) is 6.71. The van der Waals surface area contributed by atoms with Crippen molar-refractivity contribution in [1.29, 1.82) is 0 Å². The van der Waals surface area contributed by atoms with Gasteiger partial charge in [-0.1, -0.05) is 30.3 Å². The number of halogens is 1. The maximum absolute atomic E-state index is 15.0. The molecular weight excluding hydrogens is 403 g/mol. The Balaban J connectivity index is 1.42. The Bertz CT molecular complexity index is 917. The number of carbonyl (C=O) groups excluding carboxylic acids is 1. The van der Waals surface area contributed by atoms with E-state index in [4.69, 9.17) is 0 Å². The zero-order valence-corrected chi connectivity index (χ0v) is 19.4. The number of hydrogen-bond acceptors (Lipinski definition) is 4. The van der Waals surface area contributed by atoms with E-state index in [0.29, 0.717) is 17.7 Å². The van der Waals surface area contributed by atoms with Crippen molar-refractivity contribution in [1.82, 2.24) is 19.6 Å². The van der Waals surface area contributed by atoms with Crippen LogP contribution in [0, 0.1) is 5.82 Å². The Kier molecular flexibility index (Phi) is 7.55. The predicted octanol–water partition coefficient (Wildman–Crippen LogP) is 3.41. The van der Waals surface area contributed by atoms with Crippen molar-refractivity contribution in [3.63, 3.8) is 0 Å². The summed E-state index contributed by atoms with van der Waals surface area (Å²) in [5.41, 5.74) is 3.06. The molecule has 0 bridgehead atoms. The lowest BCUT2D eigenvalue weighted by Crippen LogP contribution is -2.34. The van der Waals surface area contributed by atoms with Crippen LogP contribution >= 0.6 is 0 Å². The summed E-state index contributed by atoms with van der Waals surface area (Å²) < 4.78 is 15.0. The number of amides is 1. The molecule has 1 amide bonds. The van der Waals surface area contributed by atoms with Crippen molar-refractivity contribution in [3.05, 3.63) is 59.4 Å². The predicted molar refractivity (Wildman–Crippen MR) is 127 cm³/mol. The van der Waals surface area contributed by atoms with Crippen LogP contribution in [0.5, 0.6) is 0 Å². The monoisotopic (exact) mass is 438 g/mol. The van der Waals surface area contributed by atoms with Gasteiger partial charge in [0.1, 0.15) is 5.82 Å². The van der Waals surface area contributed by atoms with E-state index in [0.717, 1.165) is 64.3 Å². The van der Waals surface area contributed by atoms with Gasteiger partial charge in [-0.2, -0.15) is 0 Å². The van der Waals surface area contributed by atoms with E-state index in [1.165, 1.54) is 18.1 Å². The molecular formula is C26H35FN4O. The molecule has 2 saturated heterocycles. The van der Waals surface area contributed by atoms with Crippen molar-refractivity contribution < 1.29 is 9.18 Å². The fourth-order valence-corrected chi connectivity index (χ4v) is 4.62. The Morgan fingerprint density at radius 2 is 1.50 bits per heavy atom. The minimum absolute atomic E-state index is 0.0795. The second-order valence-electron chi connectivity index (χ2n) is 9.27. The summed E-state index contributed by atoms with van der Waals surface area (Å²) in [5.74, 6) is -0.421. The minimum atomic E-state index is -0.342. The molecule has 2 aliphatic rings. The van der Waals surface area contributed by atoms with Gasteiger partial charge in [-0.05, 0) is 69.8 Å². The minimum Gasteiger partial charge on any atom is -0.337 e. The van der Waals surface area contributed by atoms with E-state index < -0.39 is 0 Å². The first-order valence-corrected chi connectivity index (χ1v) is 11.8. The Morgan fingerprint density at radius 1 is 0.812 bits per heavy atom. The largest absolute Gasteiger partial charge is 0.337 e. The van der Waals surface area contributed by atoms with Gasteiger partial charge in [0.2, 0.25) is 0 Å². The van der Waals surface area contributed by atoms with Crippen LogP contribution in [-0.4, -0.2) is 92.0 Å². The highest BCUT2D eigenvalue weighted by molar-refractivity contribution is 5.94. The molecule has 0 atom stereocenters. The van der Waals surface area contributed by atoms with Crippen LogP contribution in [0.3, 0.4) is 0 Å². The molecule has 2 aliphatic heterocycles. The molecule has 172 valence electrons. The Labute approximate surface area is 191 Å². The molecule has 2 fully saturated rings. The highest BCUT2D eigenvalue weighted by Crippen LogP contribution is 2.25. The van der Waals surface area contributed by atoms with Gasteiger partial charge in [0.05, 0.1) is 0 Å². The SMILES string of the molecule is CN1CCCN(Cc2ccc(-c3ccc(C(=O)N4CCCN(C)CC4)cc3F)cc2)CC1. The average Bonchev–Trinajstić information content (AvgIpc) is 3.13. The molecule has 6 heteroatoms. The molecule has 0 aliphatic carbocycles. The maximum Gasteiger partial charge on any atom is 0.254 e. The number of hydrogen-bond donors (Lipinski definition) is 0. The van der Waals surface area contributed by atoms with E-state index in [2.05, 4.69) is 40.9 Å². The Morgan fingerprint density at radius 3 is 2.22 bits per heavy atom. The van der Waals surface area contributed by atoms with Gasteiger partial charge in [0.25, 0.3) is 5.91 Å². The van der Waals surface area contributed by atoms with Crippen molar-refractivity contribution in [3.8, 4) is 11.1 Å². The molecule has 0 N–H and O–H groups in total. The number of benzene rings is 2. The van der Waals surface area contributed by atoms with Gasteiger partial charge in [0, 0.05) is 50.4 Å². The van der Waals surface area contributed by atoms with E-state index in [9.17, 15) is 9.18 Å². The average molecular weight is 439 g/mol. The fraction of sp³-hybridized carbons (Fsp3) is 0.500. The topological polar surface area (TPSA) is 30.0 Å². The molecule has 2 aromatic carbocycles. The van der Waals surface area contributed by atoms with Crippen LogP contribution in [0.15, 0.2) is 42.5 Å². The summed E-state index contributed by atoms with van der Waals surface area (Å²) in [6.45, 7) is 8.63.